The van der Waals surface area contributed by atoms with Gasteiger partial charge in [-0.05, 0) is 43.7 Å². The topological polar surface area (TPSA) is 64.3 Å². The summed E-state index contributed by atoms with van der Waals surface area (Å²) >= 11 is 1.93. The number of hydrogen-bond donors (Lipinski definition) is 2. The number of carbonyl (C=O) groups is 1. The first kappa shape index (κ1) is 14.1. The van der Waals surface area contributed by atoms with Gasteiger partial charge in [0.2, 0.25) is 0 Å². The largest absolute Gasteiger partial charge is 0.495 e. The molecule has 0 saturated carbocycles. The molecular formula is C14H20N2O2S. The molecule has 1 amide bonds. The number of nitrogens with two attached hydrogens (primary N) is 1. The van der Waals surface area contributed by atoms with Crippen LogP contribution < -0.4 is 15.8 Å². The van der Waals surface area contributed by atoms with Crippen LogP contribution in [0.5, 0.6) is 5.75 Å². The number of thioether (sulfide) groups is 1. The molecule has 5 heteroatoms. The lowest BCUT2D eigenvalue weighted by Crippen LogP contribution is -2.36. The molecule has 3 N–H and O–H groups in total. The molecule has 4 nitrogen and oxygen atoms in total. The van der Waals surface area contributed by atoms with Crippen LogP contribution in [-0.4, -0.2) is 30.1 Å². The lowest BCUT2D eigenvalue weighted by molar-refractivity contribution is 0.0949. The molecule has 1 saturated heterocycles. The Morgan fingerprint density at radius 3 is 3.00 bits per heavy atom. The summed E-state index contributed by atoms with van der Waals surface area (Å²) in [7, 11) is 1.55. The molecule has 1 fully saturated rings. The number of carbonyl (C=O) groups excluding carboxylic acids is 1. The number of amides is 1. The summed E-state index contributed by atoms with van der Waals surface area (Å²) in [5.41, 5.74) is 6.85. The molecule has 1 aromatic carbocycles. The van der Waals surface area contributed by atoms with E-state index in [1.807, 2.05) is 11.8 Å². The van der Waals surface area contributed by atoms with Gasteiger partial charge in [-0.15, -0.1) is 0 Å². The minimum atomic E-state index is -0.0768. The number of ether oxygens (including phenoxy) is 1. The van der Waals surface area contributed by atoms with Gasteiger partial charge < -0.3 is 15.8 Å². The normalized spacial score (nSPS) is 22.2. The van der Waals surface area contributed by atoms with Crippen molar-refractivity contribution in [1.29, 1.82) is 0 Å². The molecule has 104 valence electrons. The Bertz CT molecular complexity index is 471. The highest BCUT2D eigenvalue weighted by atomic mass is 32.2. The van der Waals surface area contributed by atoms with Crippen molar-refractivity contribution in [3.8, 4) is 5.75 Å². The summed E-state index contributed by atoms with van der Waals surface area (Å²) in [6.45, 7) is 2.90. The van der Waals surface area contributed by atoms with Crippen molar-refractivity contribution in [1.82, 2.24) is 5.32 Å². The first-order valence-electron chi connectivity index (χ1n) is 6.40. The average molecular weight is 280 g/mol. The van der Waals surface area contributed by atoms with E-state index >= 15 is 0 Å². The van der Waals surface area contributed by atoms with E-state index in [1.54, 1.807) is 25.3 Å². The first-order chi connectivity index (χ1) is 9.04. The SMILES string of the molecule is COc1cc(C(=O)NCC2(C)CCCS2)ccc1N. The summed E-state index contributed by atoms with van der Waals surface area (Å²) in [6, 6.07) is 5.09. The highest BCUT2D eigenvalue weighted by molar-refractivity contribution is 8.00. The monoisotopic (exact) mass is 280 g/mol. The van der Waals surface area contributed by atoms with Crippen LogP contribution >= 0.6 is 11.8 Å². The maximum absolute atomic E-state index is 12.1. The van der Waals surface area contributed by atoms with Crippen molar-refractivity contribution in [3.63, 3.8) is 0 Å². The van der Waals surface area contributed by atoms with Crippen LogP contribution in [0.25, 0.3) is 0 Å². The standard InChI is InChI=1S/C14H20N2O2S/c1-14(6-3-7-19-14)9-16-13(17)10-4-5-11(15)12(8-10)18-2/h4-5,8H,3,6-7,9,15H2,1-2H3,(H,16,17). The van der Waals surface area contributed by atoms with Crippen molar-refractivity contribution in [2.24, 2.45) is 0 Å². The first-order valence-corrected chi connectivity index (χ1v) is 7.38. The van der Waals surface area contributed by atoms with E-state index < -0.39 is 0 Å². The number of methoxy groups -OCH3 is 1. The minimum Gasteiger partial charge on any atom is -0.495 e. The molecule has 2 rings (SSSR count). The Morgan fingerprint density at radius 1 is 1.58 bits per heavy atom. The number of nitrogens with one attached hydrogen (secondary N) is 1. The Hall–Kier alpha value is -1.36. The maximum atomic E-state index is 12.1. The number of benzene rings is 1. The van der Waals surface area contributed by atoms with Crippen LogP contribution in [0.2, 0.25) is 0 Å². The van der Waals surface area contributed by atoms with Gasteiger partial charge in [0.05, 0.1) is 12.8 Å². The van der Waals surface area contributed by atoms with Crippen LogP contribution in [0.3, 0.4) is 0 Å². The van der Waals surface area contributed by atoms with Crippen LogP contribution in [-0.2, 0) is 0 Å². The van der Waals surface area contributed by atoms with Crippen molar-refractivity contribution >= 4 is 23.4 Å². The predicted molar refractivity (Wildman–Crippen MR) is 79.8 cm³/mol. The fourth-order valence-corrected chi connectivity index (χ4v) is 3.44. The van der Waals surface area contributed by atoms with Crippen molar-refractivity contribution in [2.45, 2.75) is 24.5 Å². The quantitative estimate of drug-likeness (QED) is 0.831. The van der Waals surface area contributed by atoms with Crippen molar-refractivity contribution < 1.29 is 9.53 Å². The van der Waals surface area contributed by atoms with Crippen LogP contribution in [0, 0.1) is 0 Å². The number of anilines is 1. The van der Waals surface area contributed by atoms with Crippen LogP contribution in [0.1, 0.15) is 30.1 Å². The zero-order chi connectivity index (χ0) is 13.9. The van der Waals surface area contributed by atoms with Gasteiger partial charge >= 0.3 is 0 Å². The van der Waals surface area contributed by atoms with Gasteiger partial charge in [0.25, 0.3) is 5.91 Å². The molecule has 1 unspecified atom stereocenters. The molecular weight excluding hydrogens is 260 g/mol. The molecule has 0 radical (unpaired) electrons. The lowest BCUT2D eigenvalue weighted by Gasteiger charge is -2.22. The summed E-state index contributed by atoms with van der Waals surface area (Å²) in [5.74, 6) is 1.64. The van der Waals surface area contributed by atoms with Crippen LogP contribution in [0.4, 0.5) is 5.69 Å². The predicted octanol–water partition coefficient (Wildman–Crippen LogP) is 2.29. The third-order valence-corrected chi connectivity index (χ3v) is 4.96. The molecule has 0 aromatic heterocycles. The van der Waals surface area contributed by atoms with Crippen molar-refractivity contribution in [2.75, 3.05) is 25.1 Å². The Balaban J connectivity index is 1.99. The lowest BCUT2D eigenvalue weighted by atomic mass is 10.1. The molecule has 0 aliphatic carbocycles. The highest BCUT2D eigenvalue weighted by Gasteiger charge is 2.29. The molecule has 1 heterocycles. The van der Waals surface area contributed by atoms with Gasteiger partial charge in [0, 0.05) is 16.9 Å². The summed E-state index contributed by atoms with van der Waals surface area (Å²) in [4.78, 5) is 12.1. The van der Waals surface area contributed by atoms with Crippen LogP contribution in [0.15, 0.2) is 18.2 Å². The Morgan fingerprint density at radius 2 is 2.37 bits per heavy atom. The fraction of sp³-hybridized carbons (Fsp3) is 0.500. The second-order valence-corrected chi connectivity index (χ2v) is 6.72. The van der Waals surface area contributed by atoms with Gasteiger partial charge in [-0.2, -0.15) is 11.8 Å². The van der Waals surface area contributed by atoms with E-state index in [0.717, 1.165) is 6.42 Å². The maximum Gasteiger partial charge on any atom is 0.251 e. The molecule has 1 atom stereocenters. The average Bonchev–Trinajstić information content (AvgIpc) is 2.84. The summed E-state index contributed by atoms with van der Waals surface area (Å²) < 4.78 is 5.30. The Labute approximate surface area is 118 Å². The number of rotatable bonds is 4. The van der Waals surface area contributed by atoms with E-state index in [1.165, 1.54) is 12.2 Å². The molecule has 1 aliphatic rings. The highest BCUT2D eigenvalue weighted by Crippen LogP contribution is 2.37. The zero-order valence-corrected chi connectivity index (χ0v) is 12.2. The van der Waals surface area contributed by atoms with E-state index in [-0.39, 0.29) is 10.7 Å². The van der Waals surface area contributed by atoms with E-state index in [0.29, 0.717) is 23.5 Å². The molecule has 0 bridgehead atoms. The molecule has 1 aliphatic heterocycles. The zero-order valence-electron chi connectivity index (χ0n) is 11.4. The molecule has 0 spiro atoms. The third kappa shape index (κ3) is 3.35. The summed E-state index contributed by atoms with van der Waals surface area (Å²) in [6.07, 6.45) is 2.38. The van der Waals surface area contributed by atoms with Gasteiger partial charge in [0.15, 0.2) is 0 Å². The second-order valence-electron chi connectivity index (χ2n) is 5.04. The van der Waals surface area contributed by atoms with Crippen molar-refractivity contribution in [3.05, 3.63) is 23.8 Å². The minimum absolute atomic E-state index is 0.0768. The number of nitrogen functional groups attached to an aromatic ring is 1. The van der Waals surface area contributed by atoms with Gasteiger partial charge in [-0.1, -0.05) is 0 Å². The second kappa shape index (κ2) is 5.74. The van der Waals surface area contributed by atoms with Gasteiger partial charge in [0.1, 0.15) is 5.75 Å². The smallest absolute Gasteiger partial charge is 0.251 e. The Kier molecular flexibility index (Phi) is 4.24. The van der Waals surface area contributed by atoms with Gasteiger partial charge in [-0.25, -0.2) is 0 Å². The van der Waals surface area contributed by atoms with Gasteiger partial charge in [-0.3, -0.25) is 4.79 Å². The van der Waals surface area contributed by atoms with E-state index in [4.69, 9.17) is 10.5 Å². The van der Waals surface area contributed by atoms with E-state index in [2.05, 4.69) is 12.2 Å². The molecule has 19 heavy (non-hydrogen) atoms. The number of hydrogen-bond acceptors (Lipinski definition) is 4. The third-order valence-electron chi connectivity index (χ3n) is 3.42. The summed E-state index contributed by atoms with van der Waals surface area (Å²) in [5, 5.41) is 3.00. The van der Waals surface area contributed by atoms with E-state index in [9.17, 15) is 4.79 Å². The molecule has 1 aromatic rings. The fourth-order valence-electron chi connectivity index (χ4n) is 2.20.